The summed E-state index contributed by atoms with van der Waals surface area (Å²) < 4.78 is 29.1. The molecule has 0 spiro atoms. The molecule has 5 aromatic rings. The van der Waals surface area contributed by atoms with Gasteiger partial charge in [-0.25, -0.2) is 18.4 Å². The van der Waals surface area contributed by atoms with Crippen molar-refractivity contribution in [3.05, 3.63) is 104 Å². The molecule has 0 unspecified atom stereocenters. The van der Waals surface area contributed by atoms with E-state index in [-0.39, 0.29) is 16.7 Å². The first kappa shape index (κ1) is 24.5. The zero-order valence-corrected chi connectivity index (χ0v) is 20.6. The number of anilines is 1. The third-order valence-electron chi connectivity index (χ3n) is 5.42. The van der Waals surface area contributed by atoms with Crippen molar-refractivity contribution in [3.8, 4) is 22.5 Å². The molecule has 12 heteroatoms. The number of hydrogen-bond donors (Lipinski definition) is 3. The molecule has 0 aliphatic heterocycles. The summed E-state index contributed by atoms with van der Waals surface area (Å²) >= 11 is 0. The van der Waals surface area contributed by atoms with Gasteiger partial charge in [0, 0.05) is 17.3 Å². The predicted octanol–water partition coefficient (Wildman–Crippen LogP) is 4.96. The lowest BCUT2D eigenvalue weighted by Gasteiger charge is -2.07. The molecule has 0 atom stereocenters. The molecule has 2 aromatic heterocycles. The fourth-order valence-corrected chi connectivity index (χ4v) is 4.68. The summed E-state index contributed by atoms with van der Waals surface area (Å²) in [5.41, 5.74) is 9.24. The van der Waals surface area contributed by atoms with Crippen LogP contribution in [0.4, 0.5) is 17.2 Å². The smallest absolute Gasteiger partial charge is 0.263 e. The number of sulfonamides is 1. The van der Waals surface area contributed by atoms with Gasteiger partial charge in [-0.15, -0.1) is 5.11 Å². The molecule has 0 saturated carbocycles. The van der Waals surface area contributed by atoms with Crippen molar-refractivity contribution in [3.63, 3.8) is 0 Å². The number of aromatic nitrogens is 4. The van der Waals surface area contributed by atoms with E-state index >= 15 is 0 Å². The summed E-state index contributed by atoms with van der Waals surface area (Å²) in [6, 6.07) is 26.1. The number of hydrogen-bond acceptors (Lipinski definition) is 8. The third kappa shape index (κ3) is 5.15. The van der Waals surface area contributed by atoms with Gasteiger partial charge in [-0.3, -0.25) is 10.1 Å². The molecule has 0 radical (unpaired) electrons. The van der Waals surface area contributed by atoms with Crippen LogP contribution in [0.5, 0.6) is 0 Å². The zero-order chi connectivity index (χ0) is 26.5. The lowest BCUT2D eigenvalue weighted by molar-refractivity contribution is 0.601. The van der Waals surface area contributed by atoms with Gasteiger partial charge in [0.25, 0.3) is 10.0 Å². The lowest BCUT2D eigenvalue weighted by atomic mass is 10.1. The molecular weight excluding hydrogens is 502 g/mol. The summed E-state index contributed by atoms with van der Waals surface area (Å²) in [5, 5.41) is 21.5. The van der Waals surface area contributed by atoms with Crippen LogP contribution in [-0.2, 0) is 10.0 Å². The summed E-state index contributed by atoms with van der Waals surface area (Å²) in [6.45, 7) is 0. The van der Waals surface area contributed by atoms with Crippen molar-refractivity contribution in [2.45, 2.75) is 4.90 Å². The minimum absolute atomic E-state index is 0.0365. The molecule has 38 heavy (non-hydrogen) atoms. The van der Waals surface area contributed by atoms with Gasteiger partial charge >= 0.3 is 0 Å². The number of azo groups is 1. The second-order valence-electron chi connectivity index (χ2n) is 7.97. The van der Waals surface area contributed by atoms with E-state index in [4.69, 9.17) is 11.1 Å². The molecule has 0 aliphatic carbocycles. The summed E-state index contributed by atoms with van der Waals surface area (Å²) in [5.74, 6) is -0.110. The first-order valence-corrected chi connectivity index (χ1v) is 12.8. The molecule has 0 aliphatic rings. The maximum absolute atomic E-state index is 12.7. The Labute approximate surface area is 218 Å². The van der Waals surface area contributed by atoms with Gasteiger partial charge in [0.2, 0.25) is 5.96 Å². The molecular formula is C26H21N9O2S. The Morgan fingerprint density at radius 1 is 0.868 bits per heavy atom. The van der Waals surface area contributed by atoms with Crippen molar-refractivity contribution in [2.75, 3.05) is 4.72 Å². The van der Waals surface area contributed by atoms with Gasteiger partial charge in [-0.2, -0.15) is 14.9 Å². The average molecular weight is 524 g/mol. The largest absolute Gasteiger partial charge is 0.368 e. The molecule has 0 amide bonds. The summed E-state index contributed by atoms with van der Waals surface area (Å²) in [4.78, 5) is 7.69. The molecule has 0 fully saturated rings. The van der Waals surface area contributed by atoms with Crippen LogP contribution in [-0.4, -0.2) is 34.1 Å². The molecule has 4 N–H and O–H groups in total. The highest BCUT2D eigenvalue weighted by atomic mass is 32.2. The van der Waals surface area contributed by atoms with Crippen molar-refractivity contribution in [1.82, 2.24) is 19.7 Å². The summed E-state index contributed by atoms with van der Waals surface area (Å²) in [6.07, 6.45) is 2.69. The highest BCUT2D eigenvalue weighted by Gasteiger charge is 2.22. The van der Waals surface area contributed by atoms with Crippen molar-refractivity contribution < 1.29 is 8.42 Å². The number of benzene rings is 3. The third-order valence-corrected chi connectivity index (χ3v) is 6.79. The maximum atomic E-state index is 12.7. The number of nitrogen functional groups attached to an aromatic ring is 1. The van der Waals surface area contributed by atoms with E-state index in [9.17, 15) is 8.42 Å². The maximum Gasteiger partial charge on any atom is 0.263 e. The highest BCUT2D eigenvalue weighted by Crippen LogP contribution is 2.39. The minimum Gasteiger partial charge on any atom is -0.368 e. The number of nitrogens with two attached hydrogens (primary N) is 1. The second kappa shape index (κ2) is 10.4. The molecule has 5 rings (SSSR count). The Hall–Kier alpha value is -5.23. The van der Waals surface area contributed by atoms with Gasteiger partial charge in [0.05, 0.1) is 10.6 Å². The highest BCUT2D eigenvalue weighted by molar-refractivity contribution is 7.92. The van der Waals surface area contributed by atoms with E-state index in [1.807, 2.05) is 60.7 Å². The number of nitrogens with one attached hydrogen (secondary N) is 2. The second-order valence-corrected chi connectivity index (χ2v) is 9.65. The Morgan fingerprint density at radius 3 is 2.13 bits per heavy atom. The van der Waals surface area contributed by atoms with Gasteiger partial charge in [-0.05, 0) is 30.3 Å². The summed E-state index contributed by atoms with van der Waals surface area (Å²) in [7, 11) is -3.85. The normalized spacial score (nSPS) is 11.5. The Morgan fingerprint density at radius 2 is 1.53 bits per heavy atom. The first-order valence-electron chi connectivity index (χ1n) is 11.3. The first-order chi connectivity index (χ1) is 18.4. The SMILES string of the molecule is N=C(N)n1nc(-c2ccccc2)c(N=Nc2ccc(S(=O)(=O)Nc3ccncn3)cc2)c1-c1ccccc1. The molecule has 0 bridgehead atoms. The fraction of sp³-hybridized carbons (Fsp3) is 0. The van der Waals surface area contributed by atoms with Crippen molar-refractivity contribution in [1.29, 1.82) is 5.41 Å². The van der Waals surface area contributed by atoms with Crippen LogP contribution in [0.3, 0.4) is 0 Å². The molecule has 188 valence electrons. The molecule has 3 aromatic carbocycles. The van der Waals surface area contributed by atoms with Crippen LogP contribution >= 0.6 is 0 Å². The van der Waals surface area contributed by atoms with Gasteiger partial charge in [0.15, 0.2) is 0 Å². The van der Waals surface area contributed by atoms with Crippen LogP contribution in [0.15, 0.2) is 119 Å². The van der Waals surface area contributed by atoms with E-state index in [0.29, 0.717) is 22.8 Å². The molecule has 11 nitrogen and oxygen atoms in total. The van der Waals surface area contributed by atoms with E-state index in [1.165, 1.54) is 47.5 Å². The van der Waals surface area contributed by atoms with Crippen LogP contribution in [0.2, 0.25) is 0 Å². The molecule has 0 saturated heterocycles. The minimum atomic E-state index is -3.85. The average Bonchev–Trinajstić information content (AvgIpc) is 3.33. The quantitative estimate of drug-likeness (QED) is 0.155. The lowest BCUT2D eigenvalue weighted by Crippen LogP contribution is -2.22. The Bertz CT molecular complexity index is 1700. The van der Waals surface area contributed by atoms with E-state index in [0.717, 1.165) is 11.1 Å². The fourth-order valence-electron chi connectivity index (χ4n) is 3.67. The predicted molar refractivity (Wildman–Crippen MR) is 144 cm³/mol. The van der Waals surface area contributed by atoms with E-state index < -0.39 is 10.0 Å². The van der Waals surface area contributed by atoms with E-state index in [1.54, 1.807) is 0 Å². The van der Waals surface area contributed by atoms with Crippen molar-refractivity contribution >= 4 is 33.2 Å². The van der Waals surface area contributed by atoms with Crippen LogP contribution in [0, 0.1) is 5.41 Å². The van der Waals surface area contributed by atoms with E-state index in [2.05, 4.69) is 30.0 Å². The number of nitrogens with zero attached hydrogens (tertiary/aromatic N) is 6. The Balaban J connectivity index is 1.53. The monoisotopic (exact) mass is 523 g/mol. The zero-order valence-electron chi connectivity index (χ0n) is 19.8. The van der Waals surface area contributed by atoms with Crippen LogP contribution in [0.25, 0.3) is 22.5 Å². The Kier molecular flexibility index (Phi) is 6.70. The van der Waals surface area contributed by atoms with Gasteiger partial charge in [-0.1, -0.05) is 60.7 Å². The van der Waals surface area contributed by atoms with Crippen LogP contribution in [0.1, 0.15) is 0 Å². The van der Waals surface area contributed by atoms with Crippen molar-refractivity contribution in [2.24, 2.45) is 16.0 Å². The topological polar surface area (TPSA) is 164 Å². The molecule has 2 heterocycles. The van der Waals surface area contributed by atoms with Gasteiger partial charge < -0.3 is 5.73 Å². The number of rotatable bonds is 7. The van der Waals surface area contributed by atoms with Gasteiger partial charge in [0.1, 0.15) is 29.2 Å². The van der Waals surface area contributed by atoms with Crippen LogP contribution < -0.4 is 10.5 Å². The standard InChI is InChI=1S/C26H21N9O2S/c27-26(28)35-25(19-9-5-2-6-10-19)24(23(33-35)18-7-3-1-4-8-18)32-31-20-11-13-21(14-12-20)38(36,37)34-22-15-16-29-17-30-22/h1-17H,(H3,27,28)(H,29,30,34).